The first kappa shape index (κ1) is 19.2. The summed E-state index contributed by atoms with van der Waals surface area (Å²) in [5, 5.41) is 0. The number of benzene rings is 1. The molecule has 0 radical (unpaired) electrons. The molecule has 0 aromatic heterocycles. The van der Waals surface area contributed by atoms with Crippen LogP contribution in [0.4, 0.5) is 4.39 Å². The Morgan fingerprint density at radius 1 is 1.26 bits per heavy atom. The van der Waals surface area contributed by atoms with E-state index in [1.807, 2.05) is 18.2 Å². The number of hydrogen-bond acceptors (Lipinski definition) is 0. The van der Waals surface area contributed by atoms with Crippen LogP contribution in [-0.4, -0.2) is 0 Å². The quantitative estimate of drug-likeness (QED) is 0.403. The molecular weight excluding hydrogens is 283 g/mol. The van der Waals surface area contributed by atoms with Crippen molar-refractivity contribution in [3.63, 3.8) is 0 Å². The molecule has 1 aromatic carbocycles. The van der Waals surface area contributed by atoms with Crippen molar-refractivity contribution >= 4 is 6.08 Å². The minimum atomic E-state index is -0.358. The molecule has 0 aliphatic carbocycles. The Morgan fingerprint density at radius 3 is 2.26 bits per heavy atom. The highest BCUT2D eigenvalue weighted by Crippen LogP contribution is 2.41. The van der Waals surface area contributed by atoms with Crippen LogP contribution >= 0.6 is 0 Å². The zero-order valence-corrected chi connectivity index (χ0v) is 15.1. The molecule has 0 bridgehead atoms. The molecular formula is C22H29F. The lowest BCUT2D eigenvalue weighted by Gasteiger charge is -2.33. The average molecular weight is 312 g/mol. The first-order chi connectivity index (χ1) is 10.8. The number of terminal acetylenes is 1. The molecule has 1 aromatic rings. The monoisotopic (exact) mass is 312 g/mol. The van der Waals surface area contributed by atoms with Crippen LogP contribution in [0.3, 0.4) is 0 Å². The Balaban J connectivity index is 3.45. The molecule has 0 nitrogen and oxygen atoms in total. The summed E-state index contributed by atoms with van der Waals surface area (Å²) in [6, 6.07) is 5.14. The van der Waals surface area contributed by atoms with Crippen LogP contribution in [0.2, 0.25) is 0 Å². The summed E-state index contributed by atoms with van der Waals surface area (Å²) in [4.78, 5) is 0. The molecule has 0 saturated heterocycles. The fraction of sp³-hybridized carbons (Fsp3) is 0.455. The van der Waals surface area contributed by atoms with Crippen molar-refractivity contribution in [3.8, 4) is 12.3 Å². The predicted molar refractivity (Wildman–Crippen MR) is 99.5 cm³/mol. The molecule has 0 atom stereocenters. The average Bonchev–Trinajstić information content (AvgIpc) is 2.47. The Bertz CT molecular complexity index is 601. The Labute approximate surface area is 141 Å². The van der Waals surface area contributed by atoms with Gasteiger partial charge in [-0.25, -0.2) is 4.39 Å². The van der Waals surface area contributed by atoms with Gasteiger partial charge in [0.15, 0.2) is 0 Å². The SMILES string of the molecule is C#CC(CC(C)C)(CC(C)C)/C(C=C)=C/c1cccc(F)c1C. The number of hydrogen-bond donors (Lipinski definition) is 0. The van der Waals surface area contributed by atoms with Gasteiger partial charge in [0.05, 0.1) is 5.41 Å². The van der Waals surface area contributed by atoms with E-state index in [4.69, 9.17) is 6.42 Å². The highest BCUT2D eigenvalue weighted by Gasteiger charge is 2.32. The Morgan fingerprint density at radius 2 is 1.83 bits per heavy atom. The van der Waals surface area contributed by atoms with Crippen molar-refractivity contribution in [2.24, 2.45) is 17.3 Å². The summed E-state index contributed by atoms with van der Waals surface area (Å²) in [7, 11) is 0. The molecule has 0 aliphatic rings. The van der Waals surface area contributed by atoms with E-state index in [-0.39, 0.29) is 11.2 Å². The van der Waals surface area contributed by atoms with Crippen molar-refractivity contribution in [1.29, 1.82) is 0 Å². The van der Waals surface area contributed by atoms with Crippen LogP contribution in [0.5, 0.6) is 0 Å². The summed E-state index contributed by atoms with van der Waals surface area (Å²) in [5.74, 6) is 3.80. The molecule has 0 saturated carbocycles. The third-order valence-electron chi connectivity index (χ3n) is 4.18. The normalized spacial score (nSPS) is 12.6. The van der Waals surface area contributed by atoms with E-state index in [2.05, 4.69) is 40.2 Å². The van der Waals surface area contributed by atoms with Gasteiger partial charge in [-0.2, -0.15) is 0 Å². The van der Waals surface area contributed by atoms with Gasteiger partial charge >= 0.3 is 0 Å². The summed E-state index contributed by atoms with van der Waals surface area (Å²) in [6.45, 7) is 14.5. The lowest BCUT2D eigenvalue weighted by atomic mass is 9.69. The molecule has 0 unspecified atom stereocenters. The van der Waals surface area contributed by atoms with Gasteiger partial charge in [0.2, 0.25) is 0 Å². The fourth-order valence-corrected chi connectivity index (χ4v) is 3.25. The van der Waals surface area contributed by atoms with Crippen LogP contribution in [0.1, 0.15) is 51.7 Å². The zero-order chi connectivity index (χ0) is 17.6. The molecule has 0 heterocycles. The molecule has 1 heteroatoms. The maximum atomic E-state index is 13.8. The lowest BCUT2D eigenvalue weighted by Crippen LogP contribution is -2.25. The minimum Gasteiger partial charge on any atom is -0.207 e. The van der Waals surface area contributed by atoms with Crippen molar-refractivity contribution in [1.82, 2.24) is 0 Å². The second-order valence-corrected chi connectivity index (χ2v) is 7.18. The maximum absolute atomic E-state index is 13.8. The van der Waals surface area contributed by atoms with Crippen molar-refractivity contribution < 1.29 is 4.39 Å². The first-order valence-corrected chi connectivity index (χ1v) is 8.33. The van der Waals surface area contributed by atoms with Gasteiger partial charge in [0.1, 0.15) is 5.82 Å². The summed E-state index contributed by atoms with van der Waals surface area (Å²) < 4.78 is 13.8. The second kappa shape index (κ2) is 8.16. The van der Waals surface area contributed by atoms with Crippen molar-refractivity contribution in [3.05, 3.63) is 53.4 Å². The number of rotatable bonds is 7. The van der Waals surface area contributed by atoms with Crippen molar-refractivity contribution in [2.45, 2.75) is 47.5 Å². The number of halogens is 1. The van der Waals surface area contributed by atoms with Gasteiger partial charge in [-0.15, -0.1) is 6.42 Å². The van der Waals surface area contributed by atoms with E-state index < -0.39 is 0 Å². The predicted octanol–water partition coefficient (Wildman–Crippen LogP) is 6.42. The molecule has 1 rings (SSSR count). The molecule has 124 valence electrons. The smallest absolute Gasteiger partial charge is 0.126 e. The van der Waals surface area contributed by atoms with Crippen LogP contribution in [0.25, 0.3) is 6.08 Å². The van der Waals surface area contributed by atoms with E-state index in [0.29, 0.717) is 17.4 Å². The Hall–Kier alpha value is -1.81. The van der Waals surface area contributed by atoms with E-state index in [1.54, 1.807) is 13.0 Å². The summed E-state index contributed by atoms with van der Waals surface area (Å²) in [5.41, 5.74) is 2.16. The van der Waals surface area contributed by atoms with Crippen molar-refractivity contribution in [2.75, 3.05) is 0 Å². The highest BCUT2D eigenvalue weighted by atomic mass is 19.1. The summed E-state index contributed by atoms with van der Waals surface area (Å²) >= 11 is 0. The molecule has 0 fully saturated rings. The maximum Gasteiger partial charge on any atom is 0.126 e. The largest absolute Gasteiger partial charge is 0.207 e. The van der Waals surface area contributed by atoms with Gasteiger partial charge in [0, 0.05) is 0 Å². The van der Waals surface area contributed by atoms with E-state index in [1.165, 1.54) is 6.07 Å². The van der Waals surface area contributed by atoms with Gasteiger partial charge < -0.3 is 0 Å². The lowest BCUT2D eigenvalue weighted by molar-refractivity contribution is 0.314. The van der Waals surface area contributed by atoms with Gasteiger partial charge in [-0.05, 0) is 60.4 Å². The van der Waals surface area contributed by atoms with Crippen LogP contribution in [0, 0.1) is 42.3 Å². The molecule has 0 spiro atoms. The topological polar surface area (TPSA) is 0 Å². The first-order valence-electron chi connectivity index (χ1n) is 8.33. The number of allylic oxidation sites excluding steroid dienone is 2. The van der Waals surface area contributed by atoms with Crippen LogP contribution in [-0.2, 0) is 0 Å². The Kier molecular flexibility index (Phi) is 6.82. The minimum absolute atomic E-state index is 0.193. The van der Waals surface area contributed by atoms with Crippen LogP contribution in [0.15, 0.2) is 36.4 Å². The third-order valence-corrected chi connectivity index (χ3v) is 4.18. The van der Waals surface area contributed by atoms with Gasteiger partial charge in [0.25, 0.3) is 0 Å². The van der Waals surface area contributed by atoms with Crippen LogP contribution < -0.4 is 0 Å². The molecule has 23 heavy (non-hydrogen) atoms. The second-order valence-electron chi connectivity index (χ2n) is 7.18. The molecule has 0 amide bonds. The summed E-state index contributed by atoms with van der Waals surface area (Å²) in [6.07, 6.45) is 11.6. The zero-order valence-electron chi connectivity index (χ0n) is 15.1. The third kappa shape index (κ3) is 4.83. The fourth-order valence-electron chi connectivity index (χ4n) is 3.25. The van der Waals surface area contributed by atoms with E-state index in [9.17, 15) is 4.39 Å². The van der Waals surface area contributed by atoms with E-state index in [0.717, 1.165) is 24.0 Å². The highest BCUT2D eigenvalue weighted by molar-refractivity contribution is 5.62. The van der Waals surface area contributed by atoms with Gasteiger partial charge in [-0.3, -0.25) is 0 Å². The van der Waals surface area contributed by atoms with Gasteiger partial charge in [-0.1, -0.05) is 58.4 Å². The molecule has 0 N–H and O–H groups in total. The standard InChI is InChI=1S/C22H29F/c1-8-20(13-19-11-10-12-21(23)18(19)7)22(9-2,14-16(3)4)15-17(5)6/h2,8,10-13,16-17H,1,14-15H2,3-7H3/b20-13+. The molecule has 0 aliphatic heterocycles. The van der Waals surface area contributed by atoms with E-state index >= 15 is 0 Å².